The molecule has 1 N–H and O–H groups in total. The fraction of sp³-hybridized carbons (Fsp3) is 0.190. The summed E-state index contributed by atoms with van der Waals surface area (Å²) in [6.45, 7) is 0.891. The third kappa shape index (κ3) is 5.43. The summed E-state index contributed by atoms with van der Waals surface area (Å²) in [6.07, 6.45) is 1.52. The first-order valence-corrected chi connectivity index (χ1v) is 9.62. The van der Waals surface area contributed by atoms with Crippen LogP contribution in [0.4, 0.5) is 0 Å². The molecule has 26 heavy (non-hydrogen) atoms. The molecular formula is C21H21NO3S. The van der Waals surface area contributed by atoms with Crippen LogP contribution in [0.3, 0.4) is 0 Å². The number of benzene rings is 2. The number of thioether (sulfide) groups is 1. The van der Waals surface area contributed by atoms with E-state index in [1.165, 1.54) is 11.8 Å². The minimum atomic E-state index is -0.207. The number of furan rings is 1. The second-order valence-electron chi connectivity index (χ2n) is 5.67. The quantitative estimate of drug-likeness (QED) is 0.565. The van der Waals surface area contributed by atoms with Crippen LogP contribution in [-0.2, 0) is 12.4 Å². The standard InChI is InChI=1S/C21H21NO3S/c23-21(22-12-14-26-16-17-7-3-1-4-8-17)20-18(11-13-24-20)15-25-19-9-5-2-6-10-19/h1-11,13H,12,14-16H2,(H,22,23). The van der Waals surface area contributed by atoms with Crippen LogP contribution in [0.2, 0.25) is 0 Å². The fourth-order valence-electron chi connectivity index (χ4n) is 2.41. The van der Waals surface area contributed by atoms with Gasteiger partial charge in [0.15, 0.2) is 5.76 Å². The van der Waals surface area contributed by atoms with E-state index in [2.05, 4.69) is 17.4 Å². The van der Waals surface area contributed by atoms with Gasteiger partial charge in [-0.2, -0.15) is 11.8 Å². The largest absolute Gasteiger partial charge is 0.489 e. The molecule has 0 unspecified atom stereocenters. The molecule has 0 aliphatic carbocycles. The zero-order valence-electron chi connectivity index (χ0n) is 14.4. The summed E-state index contributed by atoms with van der Waals surface area (Å²) in [5.74, 6) is 2.65. The summed E-state index contributed by atoms with van der Waals surface area (Å²) >= 11 is 1.79. The molecule has 3 rings (SSSR count). The van der Waals surface area contributed by atoms with Gasteiger partial charge in [0.25, 0.3) is 5.91 Å². The molecule has 4 nitrogen and oxygen atoms in total. The number of carbonyl (C=O) groups excluding carboxylic acids is 1. The van der Waals surface area contributed by atoms with Crippen LogP contribution in [0, 0.1) is 0 Å². The Morgan fingerprint density at radius 1 is 1.00 bits per heavy atom. The van der Waals surface area contributed by atoms with Gasteiger partial charge in [-0.25, -0.2) is 0 Å². The molecule has 0 aliphatic rings. The predicted octanol–water partition coefficient (Wildman–Crippen LogP) is 4.52. The monoisotopic (exact) mass is 367 g/mol. The Balaban J connectivity index is 1.41. The van der Waals surface area contributed by atoms with E-state index in [0.29, 0.717) is 18.9 Å². The Bertz CT molecular complexity index is 802. The summed E-state index contributed by atoms with van der Waals surface area (Å²) in [6, 6.07) is 21.6. The van der Waals surface area contributed by atoms with Gasteiger partial charge in [0.2, 0.25) is 0 Å². The van der Waals surface area contributed by atoms with Crippen molar-refractivity contribution in [2.24, 2.45) is 0 Å². The number of nitrogens with one attached hydrogen (secondary N) is 1. The Hall–Kier alpha value is -2.66. The maximum atomic E-state index is 12.3. The maximum absolute atomic E-state index is 12.3. The summed E-state index contributed by atoms with van der Waals surface area (Å²) in [5.41, 5.74) is 2.03. The number of rotatable bonds is 9. The highest BCUT2D eigenvalue weighted by molar-refractivity contribution is 7.98. The van der Waals surface area contributed by atoms with E-state index in [-0.39, 0.29) is 5.91 Å². The second kappa shape index (κ2) is 9.73. The zero-order chi connectivity index (χ0) is 18.0. The molecule has 2 aromatic carbocycles. The minimum absolute atomic E-state index is 0.207. The molecule has 1 aromatic heterocycles. The average molecular weight is 367 g/mol. The molecule has 0 fully saturated rings. The smallest absolute Gasteiger partial charge is 0.287 e. The SMILES string of the molecule is O=C(NCCSCc1ccccc1)c1occc1COc1ccccc1. The van der Waals surface area contributed by atoms with Gasteiger partial charge in [-0.15, -0.1) is 0 Å². The lowest BCUT2D eigenvalue weighted by molar-refractivity contribution is 0.0925. The highest BCUT2D eigenvalue weighted by Crippen LogP contribution is 2.16. The summed E-state index contributed by atoms with van der Waals surface area (Å²) in [7, 11) is 0. The molecule has 1 heterocycles. The lowest BCUT2D eigenvalue weighted by atomic mass is 10.2. The Kier molecular flexibility index (Phi) is 6.79. The van der Waals surface area contributed by atoms with Crippen molar-refractivity contribution >= 4 is 17.7 Å². The topological polar surface area (TPSA) is 51.5 Å². The fourth-order valence-corrected chi connectivity index (χ4v) is 3.23. The van der Waals surface area contributed by atoms with Crippen LogP contribution >= 0.6 is 11.8 Å². The van der Waals surface area contributed by atoms with Gasteiger partial charge in [0.05, 0.1) is 6.26 Å². The third-order valence-corrected chi connectivity index (χ3v) is 4.76. The molecule has 0 aliphatic heterocycles. The summed E-state index contributed by atoms with van der Waals surface area (Å²) < 4.78 is 11.0. The highest BCUT2D eigenvalue weighted by atomic mass is 32.2. The van der Waals surface area contributed by atoms with Crippen LogP contribution in [0.1, 0.15) is 21.7 Å². The lowest BCUT2D eigenvalue weighted by Crippen LogP contribution is -2.26. The first kappa shape index (κ1) is 18.1. The van der Waals surface area contributed by atoms with E-state index in [4.69, 9.17) is 9.15 Å². The molecule has 0 spiro atoms. The van der Waals surface area contributed by atoms with E-state index >= 15 is 0 Å². The van der Waals surface area contributed by atoms with Gasteiger partial charge in [-0.3, -0.25) is 4.79 Å². The zero-order valence-corrected chi connectivity index (χ0v) is 15.2. The molecule has 3 aromatic rings. The van der Waals surface area contributed by atoms with Crippen LogP contribution < -0.4 is 10.1 Å². The highest BCUT2D eigenvalue weighted by Gasteiger charge is 2.15. The molecule has 0 saturated carbocycles. The van der Waals surface area contributed by atoms with Crippen LogP contribution in [0.25, 0.3) is 0 Å². The normalized spacial score (nSPS) is 10.5. The van der Waals surface area contributed by atoms with Gasteiger partial charge >= 0.3 is 0 Å². The van der Waals surface area contributed by atoms with E-state index < -0.39 is 0 Å². The van der Waals surface area contributed by atoms with Crippen molar-refractivity contribution in [1.29, 1.82) is 0 Å². The van der Waals surface area contributed by atoms with Gasteiger partial charge in [-0.05, 0) is 23.8 Å². The second-order valence-corrected chi connectivity index (χ2v) is 6.78. The number of para-hydroxylation sites is 1. The average Bonchev–Trinajstić information content (AvgIpc) is 3.16. The Morgan fingerprint density at radius 3 is 2.50 bits per heavy atom. The molecule has 0 radical (unpaired) electrons. The van der Waals surface area contributed by atoms with Gasteiger partial charge in [-0.1, -0.05) is 48.5 Å². The van der Waals surface area contributed by atoms with Gasteiger partial charge < -0.3 is 14.5 Å². The number of ether oxygens (including phenoxy) is 1. The van der Waals surface area contributed by atoms with Gasteiger partial charge in [0, 0.05) is 23.6 Å². The molecule has 0 saturated heterocycles. The molecule has 0 bridgehead atoms. The van der Waals surface area contributed by atoms with Crippen LogP contribution in [0.5, 0.6) is 5.75 Å². The molecule has 5 heteroatoms. The molecule has 0 atom stereocenters. The molecule has 1 amide bonds. The molecule has 134 valence electrons. The van der Waals surface area contributed by atoms with Crippen molar-refractivity contribution in [1.82, 2.24) is 5.32 Å². The van der Waals surface area contributed by atoms with Crippen molar-refractivity contribution < 1.29 is 13.9 Å². The minimum Gasteiger partial charge on any atom is -0.489 e. The van der Waals surface area contributed by atoms with Crippen LogP contribution in [0.15, 0.2) is 77.4 Å². The first-order chi connectivity index (χ1) is 12.8. The van der Waals surface area contributed by atoms with E-state index in [1.54, 1.807) is 17.8 Å². The lowest BCUT2D eigenvalue weighted by Gasteiger charge is -2.07. The number of hydrogen-bond donors (Lipinski definition) is 1. The number of amides is 1. The summed E-state index contributed by atoms with van der Waals surface area (Å²) in [4.78, 5) is 12.3. The van der Waals surface area contributed by atoms with E-state index in [1.807, 2.05) is 48.5 Å². The predicted molar refractivity (Wildman–Crippen MR) is 104 cm³/mol. The first-order valence-electron chi connectivity index (χ1n) is 8.47. The van der Waals surface area contributed by atoms with E-state index in [0.717, 1.165) is 22.8 Å². The van der Waals surface area contributed by atoms with Crippen molar-refractivity contribution in [3.63, 3.8) is 0 Å². The van der Waals surface area contributed by atoms with Crippen molar-refractivity contribution in [2.75, 3.05) is 12.3 Å². The van der Waals surface area contributed by atoms with Crippen LogP contribution in [-0.4, -0.2) is 18.2 Å². The third-order valence-electron chi connectivity index (χ3n) is 3.73. The Morgan fingerprint density at radius 2 is 1.73 bits per heavy atom. The Labute approximate surface area is 157 Å². The number of hydrogen-bond acceptors (Lipinski definition) is 4. The van der Waals surface area contributed by atoms with Crippen molar-refractivity contribution in [3.8, 4) is 5.75 Å². The maximum Gasteiger partial charge on any atom is 0.287 e. The number of carbonyl (C=O) groups is 1. The van der Waals surface area contributed by atoms with Crippen molar-refractivity contribution in [3.05, 3.63) is 89.9 Å². The molecular weight excluding hydrogens is 346 g/mol. The van der Waals surface area contributed by atoms with Crippen molar-refractivity contribution in [2.45, 2.75) is 12.4 Å². The van der Waals surface area contributed by atoms with E-state index in [9.17, 15) is 4.79 Å². The summed E-state index contributed by atoms with van der Waals surface area (Å²) in [5, 5.41) is 2.90. The van der Waals surface area contributed by atoms with Gasteiger partial charge in [0.1, 0.15) is 12.4 Å².